The zero-order chi connectivity index (χ0) is 7.44. The molecule has 0 aliphatic rings. The van der Waals surface area contributed by atoms with E-state index in [9.17, 15) is 4.79 Å². The Bertz CT molecular complexity index is 103. The number of hydrogen-bond acceptors (Lipinski definition) is 5. The van der Waals surface area contributed by atoms with Crippen LogP contribution in [0.15, 0.2) is 0 Å². The Morgan fingerprint density at radius 1 is 1.78 bits per heavy atom. The summed E-state index contributed by atoms with van der Waals surface area (Å²) in [7, 11) is 0. The maximum Gasteiger partial charge on any atom is 0.361 e. The van der Waals surface area contributed by atoms with E-state index in [1.807, 2.05) is 0 Å². The molecule has 2 atom stereocenters. The number of carbonyl (C=O) groups excluding carboxylic acids is 1. The minimum Gasteiger partial charge on any atom is -0.391 e. The second-order valence-corrected chi connectivity index (χ2v) is 1.68. The highest BCUT2D eigenvalue weighted by molar-refractivity contribution is 5.75. The molecule has 0 unspecified atom stereocenters. The van der Waals surface area contributed by atoms with Gasteiger partial charge in [-0.25, -0.2) is 4.79 Å². The van der Waals surface area contributed by atoms with Gasteiger partial charge in [0, 0.05) is 0 Å². The summed E-state index contributed by atoms with van der Waals surface area (Å²) in [4.78, 5) is 13.4. The van der Waals surface area contributed by atoms with Crippen molar-refractivity contribution >= 4 is 5.97 Å². The van der Waals surface area contributed by atoms with Crippen molar-refractivity contribution in [2.45, 2.75) is 19.1 Å². The van der Waals surface area contributed by atoms with Crippen molar-refractivity contribution in [3.63, 3.8) is 0 Å². The molecule has 0 bridgehead atoms. The highest BCUT2D eigenvalue weighted by Crippen LogP contribution is 1.89. The Labute approximate surface area is 52.0 Å². The van der Waals surface area contributed by atoms with Gasteiger partial charge < -0.3 is 10.8 Å². The third-order valence-corrected chi connectivity index (χ3v) is 0.882. The van der Waals surface area contributed by atoms with Gasteiger partial charge >= 0.3 is 5.97 Å². The van der Waals surface area contributed by atoms with Gasteiger partial charge in [0.2, 0.25) is 0 Å². The Kier molecular flexibility index (Phi) is 3.15. The van der Waals surface area contributed by atoms with E-state index in [0.29, 0.717) is 0 Å². The molecule has 5 heteroatoms. The Morgan fingerprint density at radius 2 is 2.22 bits per heavy atom. The monoisotopic (exact) mass is 135 g/mol. The van der Waals surface area contributed by atoms with Crippen LogP contribution < -0.4 is 5.73 Å². The van der Waals surface area contributed by atoms with Crippen molar-refractivity contribution in [1.82, 2.24) is 0 Å². The molecule has 5 nitrogen and oxygen atoms in total. The topological polar surface area (TPSA) is 92.8 Å². The SMILES string of the molecule is C[C@@H](O)[C@H](N)C(=O)OO. The van der Waals surface area contributed by atoms with Gasteiger partial charge in [0.15, 0.2) is 0 Å². The van der Waals surface area contributed by atoms with E-state index in [1.165, 1.54) is 6.92 Å². The number of hydrogen-bond donors (Lipinski definition) is 3. The lowest BCUT2D eigenvalue weighted by Gasteiger charge is -2.08. The summed E-state index contributed by atoms with van der Waals surface area (Å²) in [6.07, 6.45) is -1.01. The van der Waals surface area contributed by atoms with E-state index >= 15 is 0 Å². The van der Waals surface area contributed by atoms with Crippen LogP contribution in [-0.2, 0) is 9.68 Å². The predicted octanol–water partition coefficient (Wildman–Crippen LogP) is -1.29. The molecule has 0 aliphatic carbocycles. The van der Waals surface area contributed by atoms with Crippen LogP contribution in [0.4, 0.5) is 0 Å². The van der Waals surface area contributed by atoms with Crippen LogP contribution in [0.1, 0.15) is 6.92 Å². The Morgan fingerprint density at radius 3 is 2.33 bits per heavy atom. The molecular weight excluding hydrogens is 126 g/mol. The summed E-state index contributed by atoms with van der Waals surface area (Å²) in [6.45, 7) is 1.32. The lowest BCUT2D eigenvalue weighted by atomic mass is 10.2. The molecule has 0 amide bonds. The van der Waals surface area contributed by atoms with Gasteiger partial charge in [-0.2, -0.15) is 5.26 Å². The second-order valence-electron chi connectivity index (χ2n) is 1.68. The Hall–Kier alpha value is -0.650. The fourth-order valence-corrected chi connectivity index (χ4v) is 0.258. The molecule has 54 valence electrons. The van der Waals surface area contributed by atoms with Crippen LogP contribution in [-0.4, -0.2) is 28.5 Å². The summed E-state index contributed by atoms with van der Waals surface area (Å²) in [5.41, 5.74) is 4.99. The van der Waals surface area contributed by atoms with E-state index in [4.69, 9.17) is 16.1 Å². The largest absolute Gasteiger partial charge is 0.391 e. The van der Waals surface area contributed by atoms with Crippen LogP contribution in [0.5, 0.6) is 0 Å². The van der Waals surface area contributed by atoms with Gasteiger partial charge in [-0.1, -0.05) is 0 Å². The molecule has 0 aliphatic heterocycles. The first kappa shape index (κ1) is 8.35. The first-order valence-corrected chi connectivity index (χ1v) is 2.38. The fraction of sp³-hybridized carbons (Fsp3) is 0.750. The standard InChI is InChI=1S/C4H9NO4/c1-2(6)3(5)4(7)9-8/h2-3,6,8H,5H2,1H3/t2-,3+/m1/s1. The normalized spacial score (nSPS) is 16.4. The van der Waals surface area contributed by atoms with Crippen molar-refractivity contribution in [2.24, 2.45) is 5.73 Å². The van der Waals surface area contributed by atoms with Crippen LogP contribution >= 0.6 is 0 Å². The van der Waals surface area contributed by atoms with Gasteiger partial charge in [-0.15, -0.1) is 0 Å². The molecule has 0 rings (SSSR count). The summed E-state index contributed by atoms with van der Waals surface area (Å²) < 4.78 is 0. The van der Waals surface area contributed by atoms with Crippen molar-refractivity contribution in [3.05, 3.63) is 0 Å². The zero-order valence-corrected chi connectivity index (χ0v) is 4.94. The first-order chi connectivity index (χ1) is 4.09. The van der Waals surface area contributed by atoms with Gasteiger partial charge in [0.25, 0.3) is 0 Å². The summed E-state index contributed by atoms with van der Waals surface area (Å²) in [5.74, 6) is -1.04. The van der Waals surface area contributed by atoms with Crippen LogP contribution in [0.2, 0.25) is 0 Å². The van der Waals surface area contributed by atoms with E-state index < -0.39 is 18.1 Å². The molecule has 0 aromatic heterocycles. The van der Waals surface area contributed by atoms with Crippen molar-refractivity contribution in [3.8, 4) is 0 Å². The molecule has 0 aromatic carbocycles. The molecule has 0 fully saturated rings. The molecule has 0 radical (unpaired) electrons. The summed E-state index contributed by atoms with van der Waals surface area (Å²) in [5, 5.41) is 16.3. The van der Waals surface area contributed by atoms with Gasteiger partial charge in [0.1, 0.15) is 6.04 Å². The number of nitrogens with two attached hydrogens (primary N) is 1. The minimum atomic E-state index is -1.17. The lowest BCUT2D eigenvalue weighted by Crippen LogP contribution is -2.40. The number of carbonyl (C=O) groups is 1. The quantitative estimate of drug-likeness (QED) is 0.323. The molecule has 0 aromatic rings. The predicted molar refractivity (Wildman–Crippen MR) is 28.4 cm³/mol. The molecule has 0 saturated heterocycles. The summed E-state index contributed by atoms with van der Waals surface area (Å²) in [6, 6.07) is -1.17. The average molecular weight is 135 g/mol. The lowest BCUT2D eigenvalue weighted by molar-refractivity contribution is -0.237. The van der Waals surface area contributed by atoms with Gasteiger partial charge in [-0.3, -0.25) is 4.89 Å². The van der Waals surface area contributed by atoms with E-state index in [-0.39, 0.29) is 0 Å². The van der Waals surface area contributed by atoms with Crippen molar-refractivity contribution < 1.29 is 20.0 Å². The second kappa shape index (κ2) is 3.39. The van der Waals surface area contributed by atoms with Crippen LogP contribution in [0.25, 0.3) is 0 Å². The van der Waals surface area contributed by atoms with Crippen LogP contribution in [0, 0.1) is 0 Å². The first-order valence-electron chi connectivity index (χ1n) is 2.38. The van der Waals surface area contributed by atoms with E-state index in [0.717, 1.165) is 0 Å². The fourth-order valence-electron chi connectivity index (χ4n) is 0.258. The average Bonchev–Trinajstić information content (AvgIpc) is 1.84. The maximum atomic E-state index is 10.2. The molecule has 9 heavy (non-hydrogen) atoms. The molecule has 0 heterocycles. The zero-order valence-electron chi connectivity index (χ0n) is 4.94. The minimum absolute atomic E-state index is 1.01. The smallest absolute Gasteiger partial charge is 0.361 e. The van der Waals surface area contributed by atoms with Gasteiger partial charge in [0.05, 0.1) is 6.10 Å². The van der Waals surface area contributed by atoms with Crippen molar-refractivity contribution in [2.75, 3.05) is 0 Å². The van der Waals surface area contributed by atoms with E-state index in [1.54, 1.807) is 0 Å². The molecular formula is C4H9NO4. The summed E-state index contributed by atoms with van der Waals surface area (Å²) >= 11 is 0. The van der Waals surface area contributed by atoms with Crippen molar-refractivity contribution in [1.29, 1.82) is 0 Å². The van der Waals surface area contributed by atoms with E-state index in [2.05, 4.69) is 4.89 Å². The maximum absolute atomic E-state index is 10.2. The molecule has 0 spiro atoms. The third kappa shape index (κ3) is 2.41. The Balaban J connectivity index is 3.72. The molecule has 0 saturated carbocycles. The number of aliphatic hydroxyl groups is 1. The third-order valence-electron chi connectivity index (χ3n) is 0.882. The van der Waals surface area contributed by atoms with Gasteiger partial charge in [-0.05, 0) is 6.92 Å². The van der Waals surface area contributed by atoms with Crippen LogP contribution in [0.3, 0.4) is 0 Å². The number of aliphatic hydroxyl groups excluding tert-OH is 1. The highest BCUT2D eigenvalue weighted by Gasteiger charge is 2.19. The number of rotatable bonds is 2. The molecule has 4 N–H and O–H groups in total. The highest BCUT2D eigenvalue weighted by atomic mass is 17.1.